The van der Waals surface area contributed by atoms with Gasteiger partial charge in [0.1, 0.15) is 0 Å². The van der Waals surface area contributed by atoms with E-state index in [1.54, 1.807) is 42.5 Å². The minimum absolute atomic E-state index is 0.0158. The maximum atomic E-state index is 12.7. The lowest BCUT2D eigenvalue weighted by Crippen LogP contribution is -2.01. The fourth-order valence-corrected chi connectivity index (χ4v) is 2.19. The van der Waals surface area contributed by atoms with Crippen LogP contribution in [0.2, 0.25) is 0 Å². The zero-order chi connectivity index (χ0) is 18.1. The second-order valence-corrected chi connectivity index (χ2v) is 5.51. The number of hydrogen-bond donors (Lipinski definition) is 0. The Balaban J connectivity index is 2.34. The van der Waals surface area contributed by atoms with Crippen LogP contribution in [-0.2, 0) is 0 Å². The van der Waals surface area contributed by atoms with Gasteiger partial charge in [-0.3, -0.25) is 14.9 Å². The highest BCUT2D eigenvalue weighted by Crippen LogP contribution is 2.16. The standard InChI is InChI=1S/C21H19NO3/c1-2-3-4-6-11-19(21(23)18-9-7-5-8-10-18)16-17-12-14-20(15-13-17)22(24)25/h5,7-10,12-16H,2-4H2,1H3/b19-16+. The molecule has 0 amide bonds. The summed E-state index contributed by atoms with van der Waals surface area (Å²) < 4.78 is 0. The van der Waals surface area contributed by atoms with Crippen LogP contribution in [0.5, 0.6) is 0 Å². The van der Waals surface area contributed by atoms with Gasteiger partial charge in [0.15, 0.2) is 0 Å². The lowest BCUT2D eigenvalue weighted by Gasteiger charge is -2.01. The van der Waals surface area contributed by atoms with Crippen molar-refractivity contribution in [3.05, 3.63) is 81.4 Å². The first-order valence-electron chi connectivity index (χ1n) is 8.16. The minimum Gasteiger partial charge on any atom is -0.288 e. The van der Waals surface area contributed by atoms with Crippen LogP contribution in [-0.4, -0.2) is 10.7 Å². The quantitative estimate of drug-likeness (QED) is 0.185. The Morgan fingerprint density at radius 2 is 1.80 bits per heavy atom. The van der Waals surface area contributed by atoms with E-state index in [0.717, 1.165) is 19.3 Å². The lowest BCUT2D eigenvalue weighted by molar-refractivity contribution is -0.384. The highest BCUT2D eigenvalue weighted by Gasteiger charge is 2.11. The number of non-ortho nitro benzene ring substituents is 1. The van der Waals surface area contributed by atoms with Gasteiger partial charge in [0.05, 0.1) is 10.5 Å². The number of nitro groups is 1. The minimum atomic E-state index is -0.450. The molecule has 0 aliphatic carbocycles. The molecule has 0 aliphatic rings. The molecule has 0 saturated carbocycles. The maximum absolute atomic E-state index is 12.7. The smallest absolute Gasteiger partial charge is 0.269 e. The summed E-state index contributed by atoms with van der Waals surface area (Å²) in [5, 5.41) is 10.7. The third kappa shape index (κ3) is 5.43. The molecule has 0 bridgehead atoms. The number of carbonyl (C=O) groups is 1. The number of unbranched alkanes of at least 4 members (excludes halogenated alkanes) is 2. The van der Waals surface area contributed by atoms with E-state index >= 15 is 0 Å². The number of allylic oxidation sites excluding steroid dienone is 1. The molecule has 2 rings (SSSR count). The van der Waals surface area contributed by atoms with Gasteiger partial charge in [0.2, 0.25) is 5.78 Å². The predicted octanol–water partition coefficient (Wildman–Crippen LogP) is 5.05. The first kappa shape index (κ1) is 18.2. The van der Waals surface area contributed by atoms with Crippen LogP contribution in [0.4, 0.5) is 5.69 Å². The van der Waals surface area contributed by atoms with Crippen molar-refractivity contribution < 1.29 is 9.72 Å². The van der Waals surface area contributed by atoms with E-state index in [1.165, 1.54) is 12.1 Å². The lowest BCUT2D eigenvalue weighted by atomic mass is 10.0. The topological polar surface area (TPSA) is 60.2 Å². The summed E-state index contributed by atoms with van der Waals surface area (Å²) >= 11 is 0. The molecule has 0 atom stereocenters. The number of carbonyl (C=O) groups excluding carboxylic acids is 1. The number of rotatable bonds is 6. The number of hydrogen-bond acceptors (Lipinski definition) is 3. The van der Waals surface area contributed by atoms with Crippen molar-refractivity contribution in [3.63, 3.8) is 0 Å². The number of nitrogens with zero attached hydrogens (tertiary/aromatic N) is 1. The molecule has 0 aromatic heterocycles. The van der Waals surface area contributed by atoms with E-state index in [0.29, 0.717) is 16.7 Å². The molecule has 0 unspecified atom stereocenters. The Bertz CT molecular complexity index is 825. The summed E-state index contributed by atoms with van der Waals surface area (Å²) in [6.07, 6.45) is 4.44. The Morgan fingerprint density at radius 1 is 1.12 bits per heavy atom. The van der Waals surface area contributed by atoms with Crippen molar-refractivity contribution in [1.82, 2.24) is 0 Å². The van der Waals surface area contributed by atoms with E-state index in [-0.39, 0.29) is 11.5 Å². The van der Waals surface area contributed by atoms with Gasteiger partial charge in [0.25, 0.3) is 5.69 Å². The van der Waals surface area contributed by atoms with E-state index in [2.05, 4.69) is 18.8 Å². The fourth-order valence-electron chi connectivity index (χ4n) is 2.19. The summed E-state index contributed by atoms with van der Waals surface area (Å²) in [7, 11) is 0. The number of nitro benzene ring substituents is 1. The molecule has 0 fully saturated rings. The summed E-state index contributed by atoms with van der Waals surface area (Å²) in [6.45, 7) is 2.09. The van der Waals surface area contributed by atoms with Gasteiger partial charge in [-0.25, -0.2) is 0 Å². The molecule has 0 N–H and O–H groups in total. The third-order valence-electron chi connectivity index (χ3n) is 3.57. The zero-order valence-corrected chi connectivity index (χ0v) is 14.1. The van der Waals surface area contributed by atoms with E-state index in [4.69, 9.17) is 0 Å². The Morgan fingerprint density at radius 3 is 2.40 bits per heavy atom. The first-order valence-corrected chi connectivity index (χ1v) is 8.16. The highest BCUT2D eigenvalue weighted by atomic mass is 16.6. The van der Waals surface area contributed by atoms with Crippen molar-refractivity contribution in [2.75, 3.05) is 0 Å². The first-order chi connectivity index (χ1) is 12.1. The second kappa shape index (κ2) is 9.19. The third-order valence-corrected chi connectivity index (χ3v) is 3.57. The molecular weight excluding hydrogens is 314 g/mol. The zero-order valence-electron chi connectivity index (χ0n) is 14.1. The van der Waals surface area contributed by atoms with Gasteiger partial charge in [-0.2, -0.15) is 0 Å². The van der Waals surface area contributed by atoms with Crippen LogP contribution >= 0.6 is 0 Å². The summed E-state index contributed by atoms with van der Waals surface area (Å²) in [4.78, 5) is 23.0. The van der Waals surface area contributed by atoms with Crippen molar-refractivity contribution in [3.8, 4) is 11.8 Å². The monoisotopic (exact) mass is 333 g/mol. The molecule has 0 heterocycles. The van der Waals surface area contributed by atoms with Gasteiger partial charge >= 0.3 is 0 Å². The largest absolute Gasteiger partial charge is 0.288 e. The summed E-state index contributed by atoms with van der Waals surface area (Å²) in [6, 6.07) is 15.0. The molecule has 126 valence electrons. The Labute approximate surface area is 147 Å². The van der Waals surface area contributed by atoms with Crippen LogP contribution in [0.3, 0.4) is 0 Å². The summed E-state index contributed by atoms with van der Waals surface area (Å²) in [5.41, 5.74) is 1.67. The van der Waals surface area contributed by atoms with Crippen molar-refractivity contribution in [2.24, 2.45) is 0 Å². The Hall–Kier alpha value is -3.19. The van der Waals surface area contributed by atoms with Crippen LogP contribution in [0.1, 0.15) is 42.1 Å². The van der Waals surface area contributed by atoms with Crippen molar-refractivity contribution >= 4 is 17.5 Å². The van der Waals surface area contributed by atoms with E-state index in [1.807, 2.05) is 6.07 Å². The predicted molar refractivity (Wildman–Crippen MR) is 99.1 cm³/mol. The number of Topliss-reactive ketones (excluding diaryl/α,β-unsaturated/α-hetero) is 1. The second-order valence-electron chi connectivity index (χ2n) is 5.51. The van der Waals surface area contributed by atoms with Gasteiger partial charge in [-0.05, 0) is 30.2 Å². The SMILES string of the molecule is CCCCC#C/C(=C\c1ccc([N+](=O)[O-])cc1)C(=O)c1ccccc1. The average molecular weight is 333 g/mol. The maximum Gasteiger partial charge on any atom is 0.269 e. The van der Waals surface area contributed by atoms with Crippen LogP contribution in [0.25, 0.3) is 6.08 Å². The van der Waals surface area contributed by atoms with Crippen LogP contribution < -0.4 is 0 Å². The fraction of sp³-hybridized carbons (Fsp3) is 0.190. The molecule has 2 aromatic carbocycles. The van der Waals surface area contributed by atoms with Crippen LogP contribution in [0.15, 0.2) is 60.2 Å². The molecule has 2 aromatic rings. The number of ketones is 1. The van der Waals surface area contributed by atoms with E-state index < -0.39 is 4.92 Å². The van der Waals surface area contributed by atoms with E-state index in [9.17, 15) is 14.9 Å². The summed E-state index contributed by atoms with van der Waals surface area (Å²) in [5.74, 6) is 5.86. The molecule has 0 aliphatic heterocycles. The van der Waals surface area contributed by atoms with Crippen molar-refractivity contribution in [2.45, 2.75) is 26.2 Å². The van der Waals surface area contributed by atoms with Crippen LogP contribution in [0, 0.1) is 22.0 Å². The highest BCUT2D eigenvalue weighted by molar-refractivity contribution is 6.14. The molecule has 25 heavy (non-hydrogen) atoms. The van der Waals surface area contributed by atoms with Crippen molar-refractivity contribution in [1.29, 1.82) is 0 Å². The number of benzene rings is 2. The average Bonchev–Trinajstić information content (AvgIpc) is 2.64. The van der Waals surface area contributed by atoms with Gasteiger partial charge in [0, 0.05) is 24.1 Å². The molecule has 0 spiro atoms. The van der Waals surface area contributed by atoms with Gasteiger partial charge in [-0.15, -0.1) is 0 Å². The molecule has 4 nitrogen and oxygen atoms in total. The molecule has 0 radical (unpaired) electrons. The van der Waals surface area contributed by atoms with Gasteiger partial charge in [-0.1, -0.05) is 55.5 Å². The molecule has 0 saturated heterocycles. The molecule has 4 heteroatoms. The molecular formula is C21H19NO3. The Kier molecular flexibility index (Phi) is 6.67. The normalized spacial score (nSPS) is 10.7. The van der Waals surface area contributed by atoms with Gasteiger partial charge < -0.3 is 0 Å².